The van der Waals surface area contributed by atoms with E-state index in [1.54, 1.807) is 23.9 Å². The van der Waals surface area contributed by atoms with Gasteiger partial charge in [0.2, 0.25) is 5.91 Å². The van der Waals surface area contributed by atoms with E-state index >= 15 is 0 Å². The molecule has 1 amide bonds. The number of thioether (sulfide) groups is 1. The average molecular weight is 452 g/mol. The van der Waals surface area contributed by atoms with Crippen molar-refractivity contribution in [1.82, 2.24) is 5.32 Å². The highest BCUT2D eigenvalue weighted by Crippen LogP contribution is 2.35. The Hall–Kier alpha value is -1.37. The first-order chi connectivity index (χ1) is 13.1. The summed E-state index contributed by atoms with van der Waals surface area (Å²) in [5, 5.41) is 3.12. The van der Waals surface area contributed by atoms with Crippen molar-refractivity contribution in [3.05, 3.63) is 64.4 Å². The summed E-state index contributed by atoms with van der Waals surface area (Å²) in [6.07, 6.45) is 2.26. The van der Waals surface area contributed by atoms with Crippen LogP contribution in [0.1, 0.15) is 24.8 Å². The van der Waals surface area contributed by atoms with Crippen molar-refractivity contribution >= 4 is 33.6 Å². The summed E-state index contributed by atoms with van der Waals surface area (Å²) in [4.78, 5) is 14.1. The third kappa shape index (κ3) is 5.33. The van der Waals surface area contributed by atoms with Crippen LogP contribution >= 0.6 is 27.7 Å². The van der Waals surface area contributed by atoms with E-state index in [0.717, 1.165) is 27.1 Å². The molecule has 2 aromatic carbocycles. The summed E-state index contributed by atoms with van der Waals surface area (Å²) in [5.74, 6) is 0.738. The van der Waals surface area contributed by atoms with Gasteiger partial charge in [0.05, 0.1) is 5.41 Å². The highest BCUT2D eigenvalue weighted by atomic mass is 79.9. The first kappa shape index (κ1) is 20.4. The first-order valence-corrected chi connectivity index (χ1v) is 10.9. The Morgan fingerprint density at radius 3 is 2.44 bits per heavy atom. The second kappa shape index (κ2) is 9.71. The molecule has 3 rings (SSSR count). The molecule has 0 saturated carbocycles. The molecule has 0 radical (unpaired) electrons. The van der Waals surface area contributed by atoms with E-state index in [4.69, 9.17) is 4.74 Å². The van der Waals surface area contributed by atoms with Crippen LogP contribution in [0.4, 0.5) is 4.39 Å². The number of carbonyl (C=O) groups is 1. The minimum atomic E-state index is -0.511. The fourth-order valence-corrected chi connectivity index (χ4v) is 4.42. The maximum absolute atomic E-state index is 13.0. The van der Waals surface area contributed by atoms with E-state index in [2.05, 4.69) is 21.2 Å². The lowest BCUT2D eigenvalue weighted by Crippen LogP contribution is -2.48. The first-order valence-electron chi connectivity index (χ1n) is 9.11. The van der Waals surface area contributed by atoms with Crippen molar-refractivity contribution in [2.75, 3.05) is 25.5 Å². The van der Waals surface area contributed by atoms with Gasteiger partial charge in [-0.15, -0.1) is 11.8 Å². The van der Waals surface area contributed by atoms with Gasteiger partial charge in [0, 0.05) is 29.1 Å². The zero-order chi connectivity index (χ0) is 19.1. The van der Waals surface area contributed by atoms with Gasteiger partial charge >= 0.3 is 0 Å². The lowest BCUT2D eigenvalue weighted by Gasteiger charge is -2.36. The number of carbonyl (C=O) groups excluding carboxylic acids is 1. The molecule has 1 N–H and O–H groups in total. The van der Waals surface area contributed by atoms with Crippen molar-refractivity contribution in [1.29, 1.82) is 0 Å². The molecule has 3 nitrogen and oxygen atoms in total. The second-order valence-electron chi connectivity index (χ2n) is 6.61. The second-order valence-corrected chi connectivity index (χ2v) is 8.70. The van der Waals surface area contributed by atoms with Crippen molar-refractivity contribution in [2.45, 2.75) is 29.6 Å². The topological polar surface area (TPSA) is 38.3 Å². The molecule has 2 aromatic rings. The number of amides is 1. The molecule has 1 heterocycles. The van der Waals surface area contributed by atoms with Gasteiger partial charge in [-0.25, -0.2) is 4.39 Å². The highest BCUT2D eigenvalue weighted by Gasteiger charge is 2.41. The summed E-state index contributed by atoms with van der Waals surface area (Å²) in [5.41, 5.74) is 0.537. The van der Waals surface area contributed by atoms with Gasteiger partial charge in [0.15, 0.2) is 0 Å². The van der Waals surface area contributed by atoms with Crippen LogP contribution in [-0.2, 0) is 14.9 Å². The van der Waals surface area contributed by atoms with E-state index in [1.807, 2.05) is 24.3 Å². The predicted molar refractivity (Wildman–Crippen MR) is 111 cm³/mol. The highest BCUT2D eigenvalue weighted by molar-refractivity contribution is 9.10. The summed E-state index contributed by atoms with van der Waals surface area (Å²) in [7, 11) is 0. The van der Waals surface area contributed by atoms with E-state index in [0.29, 0.717) is 32.6 Å². The monoisotopic (exact) mass is 451 g/mol. The quantitative estimate of drug-likeness (QED) is 0.478. The molecule has 0 bridgehead atoms. The molecule has 1 fully saturated rings. The molecule has 1 saturated heterocycles. The summed E-state index contributed by atoms with van der Waals surface area (Å²) in [6.45, 7) is 1.83. The van der Waals surface area contributed by atoms with Crippen LogP contribution in [0.5, 0.6) is 0 Å². The van der Waals surface area contributed by atoms with Gasteiger partial charge in [0.1, 0.15) is 5.82 Å². The van der Waals surface area contributed by atoms with Crippen molar-refractivity contribution in [2.24, 2.45) is 0 Å². The number of nitrogens with one attached hydrogen (secondary N) is 1. The lowest BCUT2D eigenvalue weighted by atomic mass is 9.73. The van der Waals surface area contributed by atoms with Crippen LogP contribution < -0.4 is 5.32 Å². The van der Waals surface area contributed by atoms with Gasteiger partial charge < -0.3 is 10.1 Å². The van der Waals surface area contributed by atoms with Crippen LogP contribution in [-0.4, -0.2) is 31.4 Å². The SMILES string of the molecule is O=C(NCCCSc1ccc(F)cc1)C1(c2ccc(Br)cc2)CCOCC1. The smallest absolute Gasteiger partial charge is 0.230 e. The van der Waals surface area contributed by atoms with Crippen molar-refractivity contribution in [3.63, 3.8) is 0 Å². The molecule has 6 heteroatoms. The summed E-state index contributed by atoms with van der Waals surface area (Å²) >= 11 is 5.13. The van der Waals surface area contributed by atoms with Crippen LogP contribution in [0.3, 0.4) is 0 Å². The average Bonchev–Trinajstić information content (AvgIpc) is 2.70. The maximum Gasteiger partial charge on any atom is 0.230 e. The maximum atomic E-state index is 13.0. The fraction of sp³-hybridized carbons (Fsp3) is 0.381. The Balaban J connectivity index is 1.53. The molecule has 0 aromatic heterocycles. The minimum Gasteiger partial charge on any atom is -0.381 e. The Kier molecular flexibility index (Phi) is 7.33. The zero-order valence-corrected chi connectivity index (χ0v) is 17.5. The van der Waals surface area contributed by atoms with Crippen molar-refractivity contribution < 1.29 is 13.9 Å². The predicted octanol–water partition coefficient (Wildman–Crippen LogP) is 4.94. The Morgan fingerprint density at radius 2 is 1.78 bits per heavy atom. The van der Waals surface area contributed by atoms with Gasteiger partial charge in [-0.3, -0.25) is 4.79 Å². The summed E-state index contributed by atoms with van der Waals surface area (Å²) in [6, 6.07) is 14.5. The molecule has 1 aliphatic rings. The number of hydrogen-bond acceptors (Lipinski definition) is 3. The normalized spacial score (nSPS) is 16.1. The van der Waals surface area contributed by atoms with Crippen LogP contribution in [0.2, 0.25) is 0 Å². The van der Waals surface area contributed by atoms with Gasteiger partial charge in [-0.05, 0) is 67.0 Å². The molecular weight excluding hydrogens is 429 g/mol. The standard InChI is InChI=1S/C21H23BrFNO2S/c22-17-4-2-16(3-5-17)21(10-13-26-14-11-21)20(25)24-12-1-15-27-19-8-6-18(23)7-9-19/h2-9H,1,10-15H2,(H,24,25). The van der Waals surface area contributed by atoms with Crippen LogP contribution in [0.25, 0.3) is 0 Å². The zero-order valence-electron chi connectivity index (χ0n) is 15.0. The number of rotatable bonds is 7. The molecule has 27 heavy (non-hydrogen) atoms. The molecule has 0 unspecified atom stereocenters. The van der Waals surface area contributed by atoms with Crippen LogP contribution in [0.15, 0.2) is 57.9 Å². The Morgan fingerprint density at radius 1 is 1.11 bits per heavy atom. The van der Waals surface area contributed by atoms with E-state index < -0.39 is 5.41 Å². The van der Waals surface area contributed by atoms with E-state index in [9.17, 15) is 9.18 Å². The molecule has 144 valence electrons. The van der Waals surface area contributed by atoms with Gasteiger partial charge in [-0.1, -0.05) is 28.1 Å². The van der Waals surface area contributed by atoms with E-state index in [-0.39, 0.29) is 11.7 Å². The Bertz CT molecular complexity index is 746. The van der Waals surface area contributed by atoms with Gasteiger partial charge in [0.25, 0.3) is 0 Å². The van der Waals surface area contributed by atoms with E-state index in [1.165, 1.54) is 12.1 Å². The Labute approximate surface area is 172 Å². The fourth-order valence-electron chi connectivity index (χ4n) is 3.30. The number of ether oxygens (including phenoxy) is 1. The lowest BCUT2D eigenvalue weighted by molar-refractivity contribution is -0.130. The molecule has 0 spiro atoms. The third-order valence-electron chi connectivity index (χ3n) is 4.87. The number of hydrogen-bond donors (Lipinski definition) is 1. The van der Waals surface area contributed by atoms with Crippen LogP contribution in [0, 0.1) is 5.82 Å². The summed E-state index contributed by atoms with van der Waals surface area (Å²) < 4.78 is 19.4. The van der Waals surface area contributed by atoms with Gasteiger partial charge in [-0.2, -0.15) is 0 Å². The van der Waals surface area contributed by atoms with Crippen molar-refractivity contribution in [3.8, 4) is 0 Å². The number of benzene rings is 2. The minimum absolute atomic E-state index is 0.0832. The number of halogens is 2. The molecule has 0 aliphatic carbocycles. The largest absolute Gasteiger partial charge is 0.381 e. The molecular formula is C21H23BrFNO2S. The molecule has 0 atom stereocenters. The molecule has 1 aliphatic heterocycles. The third-order valence-corrected chi connectivity index (χ3v) is 6.49.